The van der Waals surface area contributed by atoms with Crippen molar-refractivity contribution in [3.8, 4) is 5.75 Å². The number of aryl methyl sites for hydroxylation is 1. The molecule has 0 unspecified atom stereocenters. The van der Waals surface area contributed by atoms with E-state index in [2.05, 4.69) is 21.2 Å². The third-order valence-electron chi connectivity index (χ3n) is 2.99. The van der Waals surface area contributed by atoms with Crippen molar-refractivity contribution < 1.29 is 9.53 Å². The molecule has 21 heavy (non-hydrogen) atoms. The highest BCUT2D eigenvalue weighted by Gasteiger charge is 2.02. The zero-order chi connectivity index (χ0) is 15.1. The first-order valence-corrected chi connectivity index (χ1v) is 7.63. The molecule has 0 bridgehead atoms. The number of rotatable bonds is 6. The van der Waals surface area contributed by atoms with Crippen LogP contribution in [0.25, 0.3) is 0 Å². The molecule has 110 valence electrons. The van der Waals surface area contributed by atoms with E-state index in [9.17, 15) is 4.79 Å². The average Bonchev–Trinajstić information content (AvgIpc) is 2.48. The standard InChI is InChI=1S/C17H18BrNO2/c1-13-2-8-16(9-3-13)21-11-10-19-17(20)12-14-4-6-15(18)7-5-14/h2-9H,10-12H2,1H3,(H,19,20). The average molecular weight is 348 g/mol. The van der Waals surface area contributed by atoms with Crippen LogP contribution in [0.1, 0.15) is 11.1 Å². The van der Waals surface area contributed by atoms with Gasteiger partial charge in [-0.15, -0.1) is 0 Å². The van der Waals surface area contributed by atoms with Gasteiger partial charge in [0.05, 0.1) is 13.0 Å². The van der Waals surface area contributed by atoms with Crippen molar-refractivity contribution in [3.63, 3.8) is 0 Å². The summed E-state index contributed by atoms with van der Waals surface area (Å²) in [6.45, 7) is 3.00. The Morgan fingerprint density at radius 2 is 1.76 bits per heavy atom. The highest BCUT2D eigenvalue weighted by Crippen LogP contribution is 2.11. The second kappa shape index (κ2) is 7.84. The Hall–Kier alpha value is -1.81. The van der Waals surface area contributed by atoms with Gasteiger partial charge in [0.1, 0.15) is 12.4 Å². The van der Waals surface area contributed by atoms with E-state index < -0.39 is 0 Å². The molecule has 2 aromatic carbocycles. The van der Waals surface area contributed by atoms with Crippen molar-refractivity contribution >= 4 is 21.8 Å². The van der Waals surface area contributed by atoms with Gasteiger partial charge in [0.25, 0.3) is 0 Å². The molecule has 0 radical (unpaired) electrons. The summed E-state index contributed by atoms with van der Waals surface area (Å²) in [6, 6.07) is 15.6. The summed E-state index contributed by atoms with van der Waals surface area (Å²) in [5.74, 6) is 0.826. The van der Waals surface area contributed by atoms with E-state index in [-0.39, 0.29) is 5.91 Å². The number of hydrogen-bond donors (Lipinski definition) is 1. The van der Waals surface area contributed by atoms with Crippen LogP contribution in [0, 0.1) is 6.92 Å². The zero-order valence-corrected chi connectivity index (χ0v) is 13.5. The third-order valence-corrected chi connectivity index (χ3v) is 3.52. The van der Waals surface area contributed by atoms with E-state index in [0.29, 0.717) is 19.6 Å². The fourth-order valence-electron chi connectivity index (χ4n) is 1.84. The molecule has 0 fully saturated rings. The van der Waals surface area contributed by atoms with Gasteiger partial charge in [-0.3, -0.25) is 4.79 Å². The molecule has 0 aliphatic rings. The van der Waals surface area contributed by atoms with Crippen LogP contribution >= 0.6 is 15.9 Å². The van der Waals surface area contributed by atoms with Crippen LogP contribution in [-0.2, 0) is 11.2 Å². The highest BCUT2D eigenvalue weighted by molar-refractivity contribution is 9.10. The Kier molecular flexibility index (Phi) is 5.81. The molecule has 1 N–H and O–H groups in total. The Morgan fingerprint density at radius 1 is 1.10 bits per heavy atom. The summed E-state index contributed by atoms with van der Waals surface area (Å²) >= 11 is 3.37. The molecule has 0 saturated carbocycles. The molecule has 0 atom stereocenters. The summed E-state index contributed by atoms with van der Waals surface area (Å²) in [5, 5.41) is 2.85. The van der Waals surface area contributed by atoms with E-state index in [4.69, 9.17) is 4.74 Å². The number of amides is 1. The first kappa shape index (κ1) is 15.6. The maximum atomic E-state index is 11.8. The predicted octanol–water partition coefficient (Wildman–Crippen LogP) is 3.50. The van der Waals surface area contributed by atoms with Gasteiger partial charge in [0.15, 0.2) is 0 Å². The fraction of sp³-hybridized carbons (Fsp3) is 0.235. The van der Waals surface area contributed by atoms with Crippen LogP contribution in [0.15, 0.2) is 53.0 Å². The monoisotopic (exact) mass is 347 g/mol. The number of hydrogen-bond acceptors (Lipinski definition) is 2. The highest BCUT2D eigenvalue weighted by atomic mass is 79.9. The maximum Gasteiger partial charge on any atom is 0.224 e. The summed E-state index contributed by atoms with van der Waals surface area (Å²) in [4.78, 5) is 11.8. The summed E-state index contributed by atoms with van der Waals surface area (Å²) in [5.41, 5.74) is 2.19. The first-order chi connectivity index (χ1) is 10.1. The lowest BCUT2D eigenvalue weighted by Gasteiger charge is -2.08. The van der Waals surface area contributed by atoms with E-state index in [1.807, 2.05) is 55.5 Å². The van der Waals surface area contributed by atoms with E-state index >= 15 is 0 Å². The minimum absolute atomic E-state index is 0.00447. The topological polar surface area (TPSA) is 38.3 Å². The summed E-state index contributed by atoms with van der Waals surface area (Å²) < 4.78 is 6.57. The molecule has 3 nitrogen and oxygen atoms in total. The van der Waals surface area contributed by atoms with E-state index in [1.54, 1.807) is 0 Å². The molecule has 0 spiro atoms. The summed E-state index contributed by atoms with van der Waals surface area (Å²) in [7, 11) is 0. The maximum absolute atomic E-state index is 11.8. The van der Waals surface area contributed by atoms with Gasteiger partial charge in [0, 0.05) is 4.47 Å². The van der Waals surface area contributed by atoms with Crippen LogP contribution in [-0.4, -0.2) is 19.1 Å². The van der Waals surface area contributed by atoms with Crippen LogP contribution in [0.2, 0.25) is 0 Å². The van der Waals surface area contributed by atoms with Gasteiger partial charge < -0.3 is 10.1 Å². The lowest BCUT2D eigenvalue weighted by atomic mass is 10.1. The second-order valence-corrected chi connectivity index (χ2v) is 5.73. The molecule has 2 aromatic rings. The largest absolute Gasteiger partial charge is 0.492 e. The van der Waals surface area contributed by atoms with Crippen molar-refractivity contribution in [1.82, 2.24) is 5.32 Å². The van der Waals surface area contributed by atoms with Gasteiger partial charge in [0.2, 0.25) is 5.91 Å². The lowest BCUT2D eigenvalue weighted by Crippen LogP contribution is -2.29. The second-order valence-electron chi connectivity index (χ2n) is 4.81. The number of halogens is 1. The number of ether oxygens (including phenoxy) is 1. The molecule has 0 heterocycles. The lowest BCUT2D eigenvalue weighted by molar-refractivity contribution is -0.120. The molecule has 0 aliphatic carbocycles. The molecule has 0 saturated heterocycles. The minimum atomic E-state index is 0.00447. The van der Waals surface area contributed by atoms with Crippen molar-refractivity contribution in [3.05, 3.63) is 64.1 Å². The van der Waals surface area contributed by atoms with Gasteiger partial charge in [-0.25, -0.2) is 0 Å². The van der Waals surface area contributed by atoms with Crippen LogP contribution in [0.3, 0.4) is 0 Å². The van der Waals surface area contributed by atoms with Crippen LogP contribution in [0.4, 0.5) is 0 Å². The Bertz CT molecular complexity index is 579. The van der Waals surface area contributed by atoms with E-state index in [0.717, 1.165) is 15.8 Å². The van der Waals surface area contributed by atoms with Crippen molar-refractivity contribution in [2.75, 3.05) is 13.2 Å². The quantitative estimate of drug-likeness (QED) is 0.812. The van der Waals surface area contributed by atoms with Crippen molar-refractivity contribution in [2.45, 2.75) is 13.3 Å². The minimum Gasteiger partial charge on any atom is -0.492 e. The zero-order valence-electron chi connectivity index (χ0n) is 11.9. The number of carbonyl (C=O) groups is 1. The number of nitrogens with one attached hydrogen (secondary N) is 1. The molecular formula is C17H18BrNO2. The van der Waals surface area contributed by atoms with Crippen LogP contribution in [0.5, 0.6) is 5.75 Å². The SMILES string of the molecule is Cc1ccc(OCCNC(=O)Cc2ccc(Br)cc2)cc1. The van der Waals surface area contributed by atoms with Gasteiger partial charge >= 0.3 is 0 Å². The Labute approximate surface area is 133 Å². The van der Waals surface area contributed by atoms with Gasteiger partial charge in [-0.05, 0) is 36.8 Å². The van der Waals surface area contributed by atoms with Gasteiger partial charge in [-0.1, -0.05) is 45.8 Å². The molecule has 2 rings (SSSR count). The normalized spacial score (nSPS) is 10.2. The smallest absolute Gasteiger partial charge is 0.224 e. The van der Waals surface area contributed by atoms with Crippen LogP contribution < -0.4 is 10.1 Å². The first-order valence-electron chi connectivity index (χ1n) is 6.84. The Morgan fingerprint density at radius 3 is 2.43 bits per heavy atom. The van der Waals surface area contributed by atoms with Crippen molar-refractivity contribution in [1.29, 1.82) is 0 Å². The molecule has 0 aliphatic heterocycles. The molecule has 1 amide bonds. The number of benzene rings is 2. The van der Waals surface area contributed by atoms with Gasteiger partial charge in [-0.2, -0.15) is 0 Å². The summed E-state index contributed by atoms with van der Waals surface area (Å²) in [6.07, 6.45) is 0.387. The molecule has 4 heteroatoms. The third kappa shape index (κ3) is 5.60. The fourth-order valence-corrected chi connectivity index (χ4v) is 2.11. The number of carbonyl (C=O) groups excluding carboxylic acids is 1. The predicted molar refractivity (Wildman–Crippen MR) is 87.5 cm³/mol. The van der Waals surface area contributed by atoms with Crippen molar-refractivity contribution in [2.24, 2.45) is 0 Å². The molecular weight excluding hydrogens is 330 g/mol. The molecule has 0 aromatic heterocycles. The van der Waals surface area contributed by atoms with E-state index in [1.165, 1.54) is 5.56 Å². The Balaban J connectivity index is 1.67.